The normalized spacial score (nSPS) is 11.6. The Morgan fingerprint density at radius 3 is 2.35 bits per heavy atom. The topological polar surface area (TPSA) is 41.1 Å². The van der Waals surface area contributed by atoms with Gasteiger partial charge in [0.2, 0.25) is 0 Å². The largest absolute Gasteiger partial charge is 0.356 e. The van der Waals surface area contributed by atoms with Gasteiger partial charge in [-0.15, -0.1) is 0 Å². The Morgan fingerprint density at radius 1 is 1.18 bits per heavy atom. The van der Waals surface area contributed by atoms with Gasteiger partial charge in [0, 0.05) is 31.4 Å². The second-order valence-corrected chi connectivity index (χ2v) is 5.14. The molecule has 0 radical (unpaired) electrons. The molecule has 0 fully saturated rings. The summed E-state index contributed by atoms with van der Waals surface area (Å²) in [6, 6.07) is 0. The minimum absolute atomic E-state index is 0.104. The van der Waals surface area contributed by atoms with E-state index in [1.165, 1.54) is 0 Å². The third-order valence-electron chi connectivity index (χ3n) is 2.56. The molecule has 1 aromatic rings. The van der Waals surface area contributed by atoms with E-state index in [9.17, 15) is 0 Å². The average molecular weight is 236 g/mol. The van der Waals surface area contributed by atoms with Crippen molar-refractivity contribution in [3.8, 4) is 0 Å². The SMILES string of the molecule is CCN(CC)c1cncc(CNC(C)(C)C)n1. The summed E-state index contributed by atoms with van der Waals surface area (Å²) in [5.74, 6) is 0.961. The zero-order chi connectivity index (χ0) is 12.9. The molecule has 0 aliphatic rings. The van der Waals surface area contributed by atoms with Crippen molar-refractivity contribution in [2.45, 2.75) is 46.7 Å². The number of nitrogens with zero attached hydrogens (tertiary/aromatic N) is 3. The fourth-order valence-corrected chi connectivity index (χ4v) is 1.54. The van der Waals surface area contributed by atoms with Crippen LogP contribution in [0.25, 0.3) is 0 Å². The van der Waals surface area contributed by atoms with Gasteiger partial charge in [-0.3, -0.25) is 4.98 Å². The molecule has 17 heavy (non-hydrogen) atoms. The van der Waals surface area contributed by atoms with Crippen molar-refractivity contribution < 1.29 is 0 Å². The highest BCUT2D eigenvalue weighted by Gasteiger charge is 2.10. The van der Waals surface area contributed by atoms with Crippen molar-refractivity contribution in [1.82, 2.24) is 15.3 Å². The summed E-state index contributed by atoms with van der Waals surface area (Å²) in [4.78, 5) is 11.1. The van der Waals surface area contributed by atoms with Crippen LogP contribution in [0.1, 0.15) is 40.3 Å². The Hall–Kier alpha value is -1.16. The quantitative estimate of drug-likeness (QED) is 0.851. The van der Waals surface area contributed by atoms with Gasteiger partial charge in [0.05, 0.1) is 11.9 Å². The molecule has 4 nitrogen and oxygen atoms in total. The highest BCUT2D eigenvalue weighted by atomic mass is 15.2. The third kappa shape index (κ3) is 4.69. The molecule has 0 atom stereocenters. The van der Waals surface area contributed by atoms with Crippen molar-refractivity contribution >= 4 is 5.82 Å². The third-order valence-corrected chi connectivity index (χ3v) is 2.56. The van der Waals surface area contributed by atoms with Crippen molar-refractivity contribution in [2.75, 3.05) is 18.0 Å². The van der Waals surface area contributed by atoms with E-state index >= 15 is 0 Å². The number of hydrogen-bond acceptors (Lipinski definition) is 4. The lowest BCUT2D eigenvalue weighted by atomic mass is 10.1. The summed E-state index contributed by atoms with van der Waals surface area (Å²) in [6.45, 7) is 13.4. The molecule has 1 rings (SSSR count). The van der Waals surface area contributed by atoms with Crippen LogP contribution in [0.3, 0.4) is 0 Å². The van der Waals surface area contributed by atoms with Crippen molar-refractivity contribution in [3.05, 3.63) is 18.1 Å². The first-order valence-corrected chi connectivity index (χ1v) is 6.27. The maximum atomic E-state index is 4.62. The van der Waals surface area contributed by atoms with E-state index in [0.717, 1.165) is 31.1 Å². The first kappa shape index (κ1) is 13.9. The van der Waals surface area contributed by atoms with Crippen molar-refractivity contribution in [1.29, 1.82) is 0 Å². The van der Waals surface area contributed by atoms with E-state index in [-0.39, 0.29) is 5.54 Å². The zero-order valence-corrected chi connectivity index (χ0v) is 11.6. The van der Waals surface area contributed by atoms with Crippen LogP contribution in [-0.4, -0.2) is 28.6 Å². The summed E-state index contributed by atoms with van der Waals surface area (Å²) in [5, 5.41) is 3.42. The molecule has 1 aromatic heterocycles. The molecule has 96 valence electrons. The van der Waals surface area contributed by atoms with Crippen LogP contribution in [0.15, 0.2) is 12.4 Å². The molecule has 0 bridgehead atoms. The van der Waals surface area contributed by atoms with Gasteiger partial charge in [-0.1, -0.05) is 0 Å². The van der Waals surface area contributed by atoms with Gasteiger partial charge in [0.1, 0.15) is 5.82 Å². The van der Waals surface area contributed by atoms with Crippen molar-refractivity contribution in [3.63, 3.8) is 0 Å². The fraction of sp³-hybridized carbons (Fsp3) is 0.692. The standard InChI is InChI=1S/C13H24N4/c1-6-17(7-2)12-10-14-8-11(16-12)9-15-13(3,4)5/h8,10,15H,6-7,9H2,1-5H3. The molecule has 0 aromatic carbocycles. The summed E-state index contributed by atoms with van der Waals surface area (Å²) in [6.07, 6.45) is 3.65. The Balaban J connectivity index is 2.72. The lowest BCUT2D eigenvalue weighted by Crippen LogP contribution is -2.35. The Bertz CT molecular complexity index is 340. The van der Waals surface area contributed by atoms with Gasteiger partial charge in [-0.05, 0) is 34.6 Å². The molecule has 0 aliphatic carbocycles. The van der Waals surface area contributed by atoms with Gasteiger partial charge < -0.3 is 10.2 Å². The summed E-state index contributed by atoms with van der Waals surface area (Å²) in [7, 11) is 0. The zero-order valence-electron chi connectivity index (χ0n) is 11.6. The monoisotopic (exact) mass is 236 g/mol. The van der Waals surface area contributed by atoms with Gasteiger partial charge in [-0.2, -0.15) is 0 Å². The molecule has 1 heterocycles. The second kappa shape index (κ2) is 5.96. The minimum Gasteiger partial charge on any atom is -0.356 e. The van der Waals surface area contributed by atoms with Crippen LogP contribution < -0.4 is 10.2 Å². The van der Waals surface area contributed by atoms with Crippen LogP contribution in [0.4, 0.5) is 5.82 Å². The molecule has 0 spiro atoms. The highest BCUT2D eigenvalue weighted by Crippen LogP contribution is 2.09. The van der Waals surface area contributed by atoms with Gasteiger partial charge in [0.25, 0.3) is 0 Å². The van der Waals surface area contributed by atoms with Crippen LogP contribution in [0, 0.1) is 0 Å². The lowest BCUT2D eigenvalue weighted by Gasteiger charge is -2.22. The van der Waals surface area contributed by atoms with Crippen LogP contribution in [0.2, 0.25) is 0 Å². The van der Waals surface area contributed by atoms with E-state index in [1.54, 1.807) is 0 Å². The molecule has 0 unspecified atom stereocenters. The molecule has 0 saturated carbocycles. The van der Waals surface area contributed by atoms with E-state index < -0.39 is 0 Å². The summed E-state index contributed by atoms with van der Waals surface area (Å²) >= 11 is 0. The molecular weight excluding hydrogens is 212 g/mol. The highest BCUT2D eigenvalue weighted by molar-refractivity contribution is 5.35. The lowest BCUT2D eigenvalue weighted by molar-refractivity contribution is 0.421. The molecular formula is C13H24N4. The van der Waals surface area contributed by atoms with E-state index in [0.29, 0.717) is 0 Å². The molecule has 0 aliphatic heterocycles. The van der Waals surface area contributed by atoms with E-state index in [2.05, 4.69) is 54.8 Å². The van der Waals surface area contributed by atoms with Crippen molar-refractivity contribution in [2.24, 2.45) is 0 Å². The predicted molar refractivity (Wildman–Crippen MR) is 72.2 cm³/mol. The van der Waals surface area contributed by atoms with E-state index in [1.807, 2.05) is 12.4 Å². The fourth-order valence-electron chi connectivity index (χ4n) is 1.54. The van der Waals surface area contributed by atoms with Crippen LogP contribution >= 0.6 is 0 Å². The summed E-state index contributed by atoms with van der Waals surface area (Å²) in [5.41, 5.74) is 1.09. The Kier molecular flexibility index (Phi) is 4.87. The first-order valence-electron chi connectivity index (χ1n) is 6.27. The maximum absolute atomic E-state index is 4.62. The van der Waals surface area contributed by atoms with Gasteiger partial charge >= 0.3 is 0 Å². The molecule has 1 N–H and O–H groups in total. The molecule has 0 amide bonds. The van der Waals surface area contributed by atoms with E-state index in [4.69, 9.17) is 0 Å². The molecule has 4 heteroatoms. The number of rotatable bonds is 5. The second-order valence-electron chi connectivity index (χ2n) is 5.14. The smallest absolute Gasteiger partial charge is 0.147 e. The first-order chi connectivity index (χ1) is 7.96. The number of nitrogens with one attached hydrogen (secondary N) is 1. The maximum Gasteiger partial charge on any atom is 0.147 e. The predicted octanol–water partition coefficient (Wildman–Crippen LogP) is 2.21. The number of anilines is 1. The van der Waals surface area contributed by atoms with Crippen LogP contribution in [0.5, 0.6) is 0 Å². The average Bonchev–Trinajstić information content (AvgIpc) is 2.28. The van der Waals surface area contributed by atoms with Crippen LogP contribution in [-0.2, 0) is 6.54 Å². The van der Waals surface area contributed by atoms with Gasteiger partial charge in [0.15, 0.2) is 0 Å². The Labute approximate surface area is 104 Å². The number of aromatic nitrogens is 2. The van der Waals surface area contributed by atoms with Gasteiger partial charge in [-0.25, -0.2) is 4.98 Å². The number of hydrogen-bond donors (Lipinski definition) is 1. The summed E-state index contributed by atoms with van der Waals surface area (Å²) < 4.78 is 0. The molecule has 0 saturated heterocycles. The Morgan fingerprint density at radius 2 is 1.82 bits per heavy atom. The minimum atomic E-state index is 0.104.